The predicted molar refractivity (Wildman–Crippen MR) is 88.7 cm³/mol. The molecule has 0 aliphatic rings. The fourth-order valence-corrected chi connectivity index (χ4v) is 2.69. The van der Waals surface area contributed by atoms with E-state index in [0.717, 1.165) is 0 Å². The molecule has 0 saturated carbocycles. The number of hydrogen-bond acceptors (Lipinski definition) is 5. The minimum Gasteiger partial charge on any atom is -0.396 e. The van der Waals surface area contributed by atoms with Crippen LogP contribution in [-0.2, 0) is 14.8 Å². The fourth-order valence-electron chi connectivity index (χ4n) is 1.60. The molecule has 0 aliphatic carbocycles. The quantitative estimate of drug-likeness (QED) is 0.538. The zero-order valence-corrected chi connectivity index (χ0v) is 14.5. The molecule has 1 rings (SSSR count). The van der Waals surface area contributed by atoms with Gasteiger partial charge in [-0.1, -0.05) is 25.4 Å². The van der Waals surface area contributed by atoms with E-state index in [2.05, 4.69) is 10.0 Å². The van der Waals surface area contributed by atoms with Crippen molar-refractivity contribution in [2.75, 3.05) is 23.6 Å². The Hall–Kier alpha value is -1.35. The second-order valence-electron chi connectivity index (χ2n) is 5.77. The van der Waals surface area contributed by atoms with Gasteiger partial charge >= 0.3 is 0 Å². The van der Waals surface area contributed by atoms with Crippen LogP contribution in [0.3, 0.4) is 0 Å². The van der Waals surface area contributed by atoms with Gasteiger partial charge in [0.15, 0.2) is 0 Å². The molecule has 7 nitrogen and oxygen atoms in total. The highest BCUT2D eigenvalue weighted by Crippen LogP contribution is 2.19. The third-order valence-electron chi connectivity index (χ3n) is 3.18. The highest BCUT2D eigenvalue weighted by molar-refractivity contribution is 7.92. The number of nitrogens with one attached hydrogen (secondary N) is 2. The Labute approximate surface area is 140 Å². The minimum atomic E-state index is -3.65. The molecule has 0 radical (unpaired) electrons. The summed E-state index contributed by atoms with van der Waals surface area (Å²) in [5.74, 6) is -1.08. The van der Waals surface area contributed by atoms with Crippen LogP contribution < -0.4 is 10.0 Å². The van der Waals surface area contributed by atoms with Gasteiger partial charge in [0.2, 0.25) is 15.9 Å². The summed E-state index contributed by atoms with van der Waals surface area (Å²) in [4.78, 5) is 11.7. The summed E-state index contributed by atoms with van der Waals surface area (Å²) in [6, 6.07) is 6.14. The topological polar surface area (TPSA) is 116 Å². The largest absolute Gasteiger partial charge is 0.396 e. The maximum absolute atomic E-state index is 11.9. The number of carbonyl (C=O) groups is 1. The number of rotatable bonds is 8. The molecule has 1 aromatic rings. The molecule has 0 saturated heterocycles. The first-order valence-corrected chi connectivity index (χ1v) is 8.93. The van der Waals surface area contributed by atoms with Gasteiger partial charge in [0, 0.05) is 22.7 Å². The van der Waals surface area contributed by atoms with E-state index in [0.29, 0.717) is 10.7 Å². The SMILES string of the molecule is CC(C)(CO)C(O)C(=O)NCCS(=O)(=O)Nc1ccc(Cl)cc1. The zero-order chi connectivity index (χ0) is 17.7. The summed E-state index contributed by atoms with van der Waals surface area (Å²) >= 11 is 5.71. The molecule has 1 aromatic carbocycles. The van der Waals surface area contributed by atoms with Gasteiger partial charge in [0.1, 0.15) is 6.10 Å². The summed E-state index contributed by atoms with van der Waals surface area (Å²) in [6.07, 6.45) is -1.43. The van der Waals surface area contributed by atoms with Gasteiger partial charge < -0.3 is 15.5 Å². The van der Waals surface area contributed by atoms with Gasteiger partial charge in [0.25, 0.3) is 0 Å². The third-order valence-corrected chi connectivity index (χ3v) is 4.72. The van der Waals surface area contributed by atoms with Crippen LogP contribution in [0.2, 0.25) is 5.02 Å². The number of carbonyl (C=O) groups excluding carboxylic acids is 1. The van der Waals surface area contributed by atoms with E-state index in [1.807, 2.05) is 0 Å². The first kappa shape index (κ1) is 19.7. The Morgan fingerprint density at radius 3 is 2.39 bits per heavy atom. The van der Waals surface area contributed by atoms with Crippen molar-refractivity contribution in [1.29, 1.82) is 0 Å². The van der Waals surface area contributed by atoms with Crippen LogP contribution in [0.1, 0.15) is 13.8 Å². The first-order valence-electron chi connectivity index (χ1n) is 6.90. The van der Waals surface area contributed by atoms with E-state index in [1.54, 1.807) is 12.1 Å². The molecule has 0 aliphatic heterocycles. The highest BCUT2D eigenvalue weighted by atomic mass is 35.5. The lowest BCUT2D eigenvalue weighted by atomic mass is 9.87. The number of halogens is 1. The average molecular weight is 365 g/mol. The molecular weight excluding hydrogens is 344 g/mol. The van der Waals surface area contributed by atoms with Crippen LogP contribution in [-0.4, -0.2) is 49.5 Å². The molecule has 1 unspecified atom stereocenters. The molecule has 0 heterocycles. The van der Waals surface area contributed by atoms with Crippen molar-refractivity contribution in [3.63, 3.8) is 0 Å². The van der Waals surface area contributed by atoms with Crippen LogP contribution in [0.15, 0.2) is 24.3 Å². The van der Waals surface area contributed by atoms with Crippen LogP contribution in [0.5, 0.6) is 0 Å². The molecule has 0 spiro atoms. The zero-order valence-electron chi connectivity index (χ0n) is 12.9. The molecule has 1 atom stereocenters. The maximum atomic E-state index is 11.9. The highest BCUT2D eigenvalue weighted by Gasteiger charge is 2.32. The van der Waals surface area contributed by atoms with Crippen molar-refractivity contribution in [2.45, 2.75) is 20.0 Å². The van der Waals surface area contributed by atoms with Crippen LogP contribution in [0.4, 0.5) is 5.69 Å². The molecule has 9 heteroatoms. The predicted octanol–water partition coefficient (Wildman–Crippen LogP) is 0.577. The maximum Gasteiger partial charge on any atom is 0.249 e. The number of sulfonamides is 1. The Morgan fingerprint density at radius 2 is 1.87 bits per heavy atom. The third kappa shape index (κ3) is 6.34. The second-order valence-corrected chi connectivity index (χ2v) is 8.05. The lowest BCUT2D eigenvalue weighted by molar-refractivity contribution is -0.136. The summed E-state index contributed by atoms with van der Waals surface area (Å²) in [7, 11) is -3.65. The molecule has 4 N–H and O–H groups in total. The van der Waals surface area contributed by atoms with Crippen LogP contribution in [0.25, 0.3) is 0 Å². The Balaban J connectivity index is 2.51. The van der Waals surface area contributed by atoms with E-state index in [1.165, 1.54) is 26.0 Å². The number of amides is 1. The summed E-state index contributed by atoms with van der Waals surface area (Å²) in [5.41, 5.74) is -0.646. The monoisotopic (exact) mass is 364 g/mol. The summed E-state index contributed by atoms with van der Waals surface area (Å²) < 4.78 is 26.1. The van der Waals surface area contributed by atoms with Crippen molar-refractivity contribution in [3.05, 3.63) is 29.3 Å². The van der Waals surface area contributed by atoms with Crippen LogP contribution >= 0.6 is 11.6 Å². The molecule has 0 fully saturated rings. The van der Waals surface area contributed by atoms with E-state index < -0.39 is 27.4 Å². The van der Waals surface area contributed by atoms with Crippen molar-refractivity contribution in [3.8, 4) is 0 Å². The van der Waals surface area contributed by atoms with Crippen molar-refractivity contribution in [1.82, 2.24) is 5.32 Å². The number of hydrogen-bond donors (Lipinski definition) is 4. The lowest BCUT2D eigenvalue weighted by Crippen LogP contribution is -2.46. The molecule has 23 heavy (non-hydrogen) atoms. The van der Waals surface area contributed by atoms with E-state index >= 15 is 0 Å². The van der Waals surface area contributed by atoms with Crippen LogP contribution in [0, 0.1) is 5.41 Å². The molecular formula is C14H21ClN2O5S. The number of anilines is 1. The second kappa shape index (κ2) is 7.96. The van der Waals surface area contributed by atoms with Gasteiger partial charge in [-0.15, -0.1) is 0 Å². The first-order chi connectivity index (χ1) is 10.6. The average Bonchev–Trinajstić information content (AvgIpc) is 2.48. The number of benzene rings is 1. The molecule has 130 valence electrons. The molecule has 1 amide bonds. The summed E-state index contributed by atoms with van der Waals surface area (Å²) in [6.45, 7) is 2.50. The number of aliphatic hydroxyl groups is 2. The minimum absolute atomic E-state index is 0.166. The summed E-state index contributed by atoms with van der Waals surface area (Å²) in [5, 5.41) is 21.7. The van der Waals surface area contributed by atoms with E-state index in [4.69, 9.17) is 16.7 Å². The Kier molecular flexibility index (Phi) is 6.82. The molecule has 0 aromatic heterocycles. The standard InChI is InChI=1S/C14H21ClN2O5S/c1-14(2,9-18)12(19)13(20)16-7-8-23(21,22)17-11-5-3-10(15)4-6-11/h3-6,12,17-19H,7-9H2,1-2H3,(H,16,20). The smallest absolute Gasteiger partial charge is 0.249 e. The van der Waals surface area contributed by atoms with Gasteiger partial charge in [-0.3, -0.25) is 9.52 Å². The molecule has 0 bridgehead atoms. The van der Waals surface area contributed by atoms with Gasteiger partial charge in [-0.05, 0) is 24.3 Å². The van der Waals surface area contributed by atoms with Crippen molar-refractivity contribution < 1.29 is 23.4 Å². The van der Waals surface area contributed by atoms with Gasteiger partial charge in [-0.2, -0.15) is 0 Å². The number of aliphatic hydroxyl groups excluding tert-OH is 2. The van der Waals surface area contributed by atoms with Gasteiger partial charge in [-0.25, -0.2) is 8.42 Å². The van der Waals surface area contributed by atoms with Crippen molar-refractivity contribution >= 4 is 33.2 Å². The Morgan fingerprint density at radius 1 is 1.30 bits per heavy atom. The van der Waals surface area contributed by atoms with Gasteiger partial charge in [0.05, 0.1) is 12.4 Å². The van der Waals surface area contributed by atoms with E-state index in [-0.39, 0.29) is 18.9 Å². The Bertz CT molecular complexity index is 631. The van der Waals surface area contributed by atoms with E-state index in [9.17, 15) is 18.3 Å². The fraction of sp³-hybridized carbons (Fsp3) is 0.500. The van der Waals surface area contributed by atoms with Crippen molar-refractivity contribution in [2.24, 2.45) is 5.41 Å². The lowest BCUT2D eigenvalue weighted by Gasteiger charge is -2.27. The normalized spacial score (nSPS) is 13.4.